The highest BCUT2D eigenvalue weighted by Crippen LogP contribution is 2.63. The zero-order valence-electron chi connectivity index (χ0n) is 7.99. The second-order valence-electron chi connectivity index (χ2n) is 5.03. The van der Waals surface area contributed by atoms with Crippen LogP contribution < -0.4 is 0 Å². The molecule has 76 valence electrons. The first-order valence-electron chi connectivity index (χ1n) is 4.91. The van der Waals surface area contributed by atoms with Crippen molar-refractivity contribution in [3.8, 4) is 0 Å². The Morgan fingerprint density at radius 2 is 1.85 bits per heavy atom. The molecule has 0 heterocycles. The number of rotatable bonds is 0. The molecule has 0 aromatic heterocycles. The van der Waals surface area contributed by atoms with E-state index in [9.17, 15) is 13.2 Å². The summed E-state index contributed by atoms with van der Waals surface area (Å²) in [6, 6.07) is 0. The Morgan fingerprint density at radius 3 is 2.15 bits per heavy atom. The standard InChI is InChI=1S/C10H15F3/c1-6-3-8-4-7(6)5-9(8,2)10(11,12)13/h6-8H,3-5H2,1-2H3/t6-,7?,8?,9?/m1/s1. The molecule has 0 aromatic rings. The predicted molar refractivity (Wildman–Crippen MR) is 44.2 cm³/mol. The lowest BCUT2D eigenvalue weighted by atomic mass is 9.71. The SMILES string of the molecule is C[C@@H]1CC2CC1CC2(C)C(F)(F)F. The van der Waals surface area contributed by atoms with E-state index in [1.807, 2.05) is 0 Å². The van der Waals surface area contributed by atoms with E-state index in [0.29, 0.717) is 18.3 Å². The van der Waals surface area contributed by atoms with Crippen molar-refractivity contribution in [3.05, 3.63) is 0 Å². The molecule has 0 aromatic carbocycles. The number of hydrogen-bond acceptors (Lipinski definition) is 0. The predicted octanol–water partition coefficient (Wildman–Crippen LogP) is 3.62. The van der Waals surface area contributed by atoms with Gasteiger partial charge in [-0.3, -0.25) is 0 Å². The maximum Gasteiger partial charge on any atom is 0.394 e. The van der Waals surface area contributed by atoms with Crippen LogP contribution in [0.2, 0.25) is 0 Å². The molecule has 0 spiro atoms. The molecule has 2 aliphatic carbocycles. The van der Waals surface area contributed by atoms with Gasteiger partial charge in [0.2, 0.25) is 0 Å². The lowest BCUT2D eigenvalue weighted by molar-refractivity contribution is -0.236. The topological polar surface area (TPSA) is 0 Å². The van der Waals surface area contributed by atoms with E-state index >= 15 is 0 Å². The average molecular weight is 192 g/mol. The molecule has 0 N–H and O–H groups in total. The van der Waals surface area contributed by atoms with Gasteiger partial charge in [0.25, 0.3) is 0 Å². The van der Waals surface area contributed by atoms with Crippen LogP contribution in [0, 0.1) is 23.2 Å². The number of fused-ring (bicyclic) bond motifs is 2. The van der Waals surface area contributed by atoms with Gasteiger partial charge >= 0.3 is 6.18 Å². The molecule has 2 saturated carbocycles. The summed E-state index contributed by atoms with van der Waals surface area (Å²) in [5.74, 6) is 0.740. The lowest BCUT2D eigenvalue weighted by Crippen LogP contribution is -2.40. The van der Waals surface area contributed by atoms with Crippen LogP contribution in [0.15, 0.2) is 0 Å². The maximum atomic E-state index is 12.7. The number of hydrogen-bond donors (Lipinski definition) is 0. The Labute approximate surface area is 76.5 Å². The van der Waals surface area contributed by atoms with E-state index in [0.717, 1.165) is 12.8 Å². The summed E-state index contributed by atoms with van der Waals surface area (Å²) < 4.78 is 38.2. The zero-order valence-corrected chi connectivity index (χ0v) is 7.99. The van der Waals surface area contributed by atoms with Crippen molar-refractivity contribution >= 4 is 0 Å². The van der Waals surface area contributed by atoms with E-state index in [-0.39, 0.29) is 5.92 Å². The third kappa shape index (κ3) is 1.12. The second-order valence-corrected chi connectivity index (χ2v) is 5.03. The molecule has 2 fully saturated rings. The van der Waals surface area contributed by atoms with Gasteiger partial charge in [0.1, 0.15) is 0 Å². The summed E-state index contributed by atoms with van der Waals surface area (Å²) in [6.07, 6.45) is -2.05. The van der Waals surface area contributed by atoms with E-state index in [2.05, 4.69) is 6.92 Å². The fraction of sp³-hybridized carbons (Fsp3) is 1.00. The monoisotopic (exact) mass is 192 g/mol. The molecular weight excluding hydrogens is 177 g/mol. The van der Waals surface area contributed by atoms with Crippen molar-refractivity contribution in [1.82, 2.24) is 0 Å². The minimum Gasteiger partial charge on any atom is -0.171 e. The Kier molecular flexibility index (Phi) is 1.74. The molecule has 0 aliphatic heterocycles. The molecule has 2 bridgehead atoms. The third-order valence-electron chi connectivity index (χ3n) is 4.28. The summed E-state index contributed by atoms with van der Waals surface area (Å²) in [5.41, 5.74) is -1.37. The van der Waals surface area contributed by atoms with Gasteiger partial charge in [-0.1, -0.05) is 13.8 Å². The maximum absolute atomic E-state index is 12.7. The molecule has 0 nitrogen and oxygen atoms in total. The normalized spacial score (nSPS) is 50.1. The van der Waals surface area contributed by atoms with Crippen molar-refractivity contribution in [3.63, 3.8) is 0 Å². The van der Waals surface area contributed by atoms with Crippen LogP contribution in [0.3, 0.4) is 0 Å². The van der Waals surface area contributed by atoms with Crippen LogP contribution in [-0.2, 0) is 0 Å². The average Bonchev–Trinajstić information content (AvgIpc) is 2.42. The summed E-state index contributed by atoms with van der Waals surface area (Å²) in [5, 5.41) is 0. The highest BCUT2D eigenvalue weighted by Gasteiger charge is 2.63. The van der Waals surface area contributed by atoms with Crippen LogP contribution in [0.1, 0.15) is 33.1 Å². The van der Waals surface area contributed by atoms with Gasteiger partial charge in [0.05, 0.1) is 5.41 Å². The largest absolute Gasteiger partial charge is 0.394 e. The van der Waals surface area contributed by atoms with E-state index < -0.39 is 11.6 Å². The van der Waals surface area contributed by atoms with Crippen LogP contribution in [0.4, 0.5) is 13.2 Å². The van der Waals surface area contributed by atoms with E-state index in [1.54, 1.807) is 0 Å². The van der Waals surface area contributed by atoms with Crippen molar-refractivity contribution in [2.45, 2.75) is 39.3 Å². The molecule has 0 radical (unpaired) electrons. The van der Waals surface area contributed by atoms with Crippen LogP contribution in [-0.4, -0.2) is 6.18 Å². The number of alkyl halides is 3. The van der Waals surface area contributed by atoms with Crippen LogP contribution >= 0.6 is 0 Å². The Morgan fingerprint density at radius 1 is 1.23 bits per heavy atom. The molecule has 3 unspecified atom stereocenters. The fourth-order valence-electron chi connectivity index (χ4n) is 3.20. The van der Waals surface area contributed by atoms with E-state index in [4.69, 9.17) is 0 Å². The highest BCUT2D eigenvalue weighted by atomic mass is 19.4. The van der Waals surface area contributed by atoms with Gasteiger partial charge in [-0.05, 0) is 37.0 Å². The summed E-state index contributed by atoms with van der Waals surface area (Å²) >= 11 is 0. The molecule has 2 aliphatic rings. The van der Waals surface area contributed by atoms with Crippen molar-refractivity contribution in [2.24, 2.45) is 23.2 Å². The van der Waals surface area contributed by atoms with Crippen molar-refractivity contribution in [1.29, 1.82) is 0 Å². The van der Waals surface area contributed by atoms with Gasteiger partial charge in [-0.25, -0.2) is 0 Å². The minimum atomic E-state index is -3.99. The first-order chi connectivity index (χ1) is 5.84. The molecule has 13 heavy (non-hydrogen) atoms. The van der Waals surface area contributed by atoms with Gasteiger partial charge in [0, 0.05) is 0 Å². The Hall–Kier alpha value is -0.210. The van der Waals surface area contributed by atoms with Crippen molar-refractivity contribution in [2.75, 3.05) is 0 Å². The van der Waals surface area contributed by atoms with Crippen LogP contribution in [0.25, 0.3) is 0 Å². The van der Waals surface area contributed by atoms with Gasteiger partial charge in [-0.15, -0.1) is 0 Å². The first kappa shape index (κ1) is 9.35. The quantitative estimate of drug-likeness (QED) is 0.550. The molecule has 0 amide bonds. The second kappa shape index (κ2) is 2.43. The highest BCUT2D eigenvalue weighted by molar-refractivity contribution is 5.03. The van der Waals surface area contributed by atoms with Crippen molar-refractivity contribution < 1.29 is 13.2 Å². The number of halogens is 3. The summed E-state index contributed by atoms with van der Waals surface area (Å²) in [4.78, 5) is 0. The van der Waals surface area contributed by atoms with Gasteiger partial charge in [0.15, 0.2) is 0 Å². The Bertz CT molecular complexity index is 219. The van der Waals surface area contributed by atoms with Gasteiger partial charge < -0.3 is 0 Å². The molecular formula is C10H15F3. The Balaban J connectivity index is 2.22. The van der Waals surface area contributed by atoms with E-state index in [1.165, 1.54) is 6.92 Å². The zero-order chi connectivity index (χ0) is 9.85. The minimum absolute atomic E-state index is 0.104. The molecule has 0 saturated heterocycles. The van der Waals surface area contributed by atoms with Crippen LogP contribution in [0.5, 0.6) is 0 Å². The fourth-order valence-corrected chi connectivity index (χ4v) is 3.20. The first-order valence-corrected chi connectivity index (χ1v) is 4.91. The summed E-state index contributed by atoms with van der Waals surface area (Å²) in [6.45, 7) is 3.49. The van der Waals surface area contributed by atoms with Gasteiger partial charge in [-0.2, -0.15) is 13.2 Å². The lowest BCUT2D eigenvalue weighted by Gasteiger charge is -2.37. The third-order valence-corrected chi connectivity index (χ3v) is 4.28. The summed E-state index contributed by atoms with van der Waals surface area (Å²) in [7, 11) is 0. The molecule has 2 rings (SSSR count). The smallest absolute Gasteiger partial charge is 0.171 e. The molecule has 3 heteroatoms. The molecule has 4 atom stereocenters.